The molecule has 0 aliphatic carbocycles. The van der Waals surface area contributed by atoms with Crippen LogP contribution in [0.2, 0.25) is 0 Å². The molecule has 0 bridgehead atoms. The Labute approximate surface area is 226 Å². The first-order valence-corrected chi connectivity index (χ1v) is 12.6. The molecule has 0 radical (unpaired) electrons. The number of hydrogen-bond donors (Lipinski definition) is 2. The molecule has 39 heavy (non-hydrogen) atoms. The van der Waals surface area contributed by atoms with Crippen molar-refractivity contribution in [2.24, 2.45) is 0 Å². The molecule has 2 N–H and O–H groups in total. The van der Waals surface area contributed by atoms with Gasteiger partial charge in [0.05, 0.1) is 26.1 Å². The van der Waals surface area contributed by atoms with Crippen molar-refractivity contribution in [2.75, 3.05) is 45.1 Å². The van der Waals surface area contributed by atoms with Gasteiger partial charge in [-0.2, -0.15) is 9.61 Å². The highest BCUT2D eigenvalue weighted by molar-refractivity contribution is 6.02. The summed E-state index contributed by atoms with van der Waals surface area (Å²) in [5.41, 5.74) is 2.44. The topological polar surface area (TPSA) is 113 Å². The second-order valence-corrected chi connectivity index (χ2v) is 9.40. The summed E-state index contributed by atoms with van der Waals surface area (Å²) in [4.78, 5) is 34.1. The van der Waals surface area contributed by atoms with Gasteiger partial charge in [-0.1, -0.05) is 24.3 Å². The lowest BCUT2D eigenvalue weighted by molar-refractivity contribution is -0.128. The maximum Gasteiger partial charge on any atom is 0.257 e. The molecule has 2 aromatic heterocycles. The predicted molar refractivity (Wildman–Crippen MR) is 148 cm³/mol. The summed E-state index contributed by atoms with van der Waals surface area (Å²) in [5, 5.41) is 10.7. The van der Waals surface area contributed by atoms with E-state index in [1.54, 1.807) is 30.7 Å². The number of fused-ring (bicyclic) bond motifs is 1. The molecular weight excluding hydrogens is 498 g/mol. The Morgan fingerprint density at radius 2 is 1.90 bits per heavy atom. The number of para-hydroxylation sites is 2. The number of methoxy groups -OCH3 is 2. The molecule has 1 saturated heterocycles. The highest BCUT2D eigenvalue weighted by atomic mass is 16.5. The van der Waals surface area contributed by atoms with E-state index in [1.807, 2.05) is 66.5 Å². The molecule has 11 heteroatoms. The van der Waals surface area contributed by atoms with Crippen LogP contribution in [0.1, 0.15) is 22.3 Å². The van der Waals surface area contributed by atoms with Gasteiger partial charge in [0, 0.05) is 33.3 Å². The Kier molecular flexibility index (Phi) is 7.22. The average molecular weight is 530 g/mol. The van der Waals surface area contributed by atoms with Crippen molar-refractivity contribution in [1.29, 1.82) is 0 Å². The number of nitrogens with zero attached hydrogens (tertiary/aromatic N) is 5. The summed E-state index contributed by atoms with van der Waals surface area (Å²) in [6.45, 7) is 1.17. The minimum Gasteiger partial charge on any atom is -0.497 e. The fraction of sp³-hybridized carbons (Fsp3) is 0.286. The lowest BCUT2D eigenvalue weighted by Gasteiger charge is -2.21. The SMILES string of the molecule is COc1ccc(CN(C)c2cc(Nc3ccccc3OC)nc3c(C(=O)NC4CCN(C)C4=O)cnn23)cc1. The second kappa shape index (κ2) is 10.9. The smallest absolute Gasteiger partial charge is 0.257 e. The zero-order valence-electron chi connectivity index (χ0n) is 22.3. The molecule has 1 unspecified atom stereocenters. The third kappa shape index (κ3) is 5.28. The van der Waals surface area contributed by atoms with E-state index in [1.165, 1.54) is 6.20 Å². The van der Waals surface area contributed by atoms with Crippen LogP contribution in [-0.4, -0.2) is 72.2 Å². The summed E-state index contributed by atoms with van der Waals surface area (Å²) >= 11 is 0. The van der Waals surface area contributed by atoms with Crippen LogP contribution in [0.3, 0.4) is 0 Å². The van der Waals surface area contributed by atoms with E-state index >= 15 is 0 Å². The van der Waals surface area contributed by atoms with Gasteiger partial charge < -0.3 is 29.9 Å². The van der Waals surface area contributed by atoms with Crippen molar-refractivity contribution in [3.8, 4) is 11.5 Å². The van der Waals surface area contributed by atoms with Gasteiger partial charge in [0.2, 0.25) is 5.91 Å². The number of rotatable bonds is 9. The van der Waals surface area contributed by atoms with E-state index in [4.69, 9.17) is 14.5 Å². The van der Waals surface area contributed by atoms with Crippen LogP contribution in [0.4, 0.5) is 17.3 Å². The zero-order valence-corrected chi connectivity index (χ0v) is 22.3. The minimum atomic E-state index is -0.565. The van der Waals surface area contributed by atoms with E-state index in [0.717, 1.165) is 17.0 Å². The summed E-state index contributed by atoms with van der Waals surface area (Å²) < 4.78 is 12.4. The van der Waals surface area contributed by atoms with Crippen molar-refractivity contribution in [2.45, 2.75) is 19.0 Å². The number of aromatic nitrogens is 3. The maximum absolute atomic E-state index is 13.3. The third-order valence-corrected chi connectivity index (χ3v) is 6.77. The standard InChI is InChI=1S/C28H31N7O4/c1-33-14-13-22(28(33)37)31-27(36)20-16-29-35-25(34(2)17-18-9-11-19(38-3)12-10-18)15-24(32-26(20)35)30-21-7-5-6-8-23(21)39-4/h5-12,15-16,22H,13-14,17H2,1-4H3,(H,30,32)(H,31,36). The molecule has 2 amide bonds. The van der Waals surface area contributed by atoms with Crippen LogP contribution in [0.25, 0.3) is 5.65 Å². The molecule has 1 fully saturated rings. The number of likely N-dealkylation sites (N-methyl/N-ethyl adjacent to an activating group) is 1. The van der Waals surface area contributed by atoms with Gasteiger partial charge >= 0.3 is 0 Å². The first kappa shape index (κ1) is 25.8. The number of amides is 2. The van der Waals surface area contributed by atoms with Crippen LogP contribution in [-0.2, 0) is 11.3 Å². The molecule has 5 rings (SSSR count). The monoisotopic (exact) mass is 529 g/mol. The van der Waals surface area contributed by atoms with Gasteiger partial charge in [-0.3, -0.25) is 9.59 Å². The number of carbonyl (C=O) groups excluding carboxylic acids is 2. The van der Waals surface area contributed by atoms with Gasteiger partial charge in [0.25, 0.3) is 5.91 Å². The highest BCUT2D eigenvalue weighted by Gasteiger charge is 2.31. The predicted octanol–water partition coefficient (Wildman–Crippen LogP) is 3.09. The Morgan fingerprint density at radius 3 is 2.59 bits per heavy atom. The molecule has 0 saturated carbocycles. The van der Waals surface area contributed by atoms with Crippen molar-refractivity contribution >= 4 is 34.8 Å². The molecule has 0 spiro atoms. The molecule has 11 nitrogen and oxygen atoms in total. The molecule has 202 valence electrons. The van der Waals surface area contributed by atoms with E-state index < -0.39 is 11.9 Å². The molecule has 4 aromatic rings. The van der Waals surface area contributed by atoms with Crippen molar-refractivity contribution in [3.63, 3.8) is 0 Å². The normalized spacial score (nSPS) is 14.9. The number of carbonyl (C=O) groups is 2. The van der Waals surface area contributed by atoms with E-state index in [9.17, 15) is 9.59 Å². The van der Waals surface area contributed by atoms with Gasteiger partial charge in [-0.25, -0.2) is 4.98 Å². The Bertz CT molecular complexity index is 1500. The lowest BCUT2D eigenvalue weighted by atomic mass is 10.2. The Hall–Kier alpha value is -4.80. The fourth-order valence-electron chi connectivity index (χ4n) is 4.61. The first-order valence-electron chi connectivity index (χ1n) is 12.6. The summed E-state index contributed by atoms with van der Waals surface area (Å²) in [6.07, 6.45) is 2.04. The largest absolute Gasteiger partial charge is 0.497 e. The maximum atomic E-state index is 13.3. The molecule has 2 aromatic carbocycles. The number of anilines is 3. The van der Waals surface area contributed by atoms with Crippen LogP contribution in [0.5, 0.6) is 11.5 Å². The Morgan fingerprint density at radius 1 is 1.13 bits per heavy atom. The summed E-state index contributed by atoms with van der Waals surface area (Å²) in [6, 6.07) is 16.7. The zero-order chi connectivity index (χ0) is 27.5. The summed E-state index contributed by atoms with van der Waals surface area (Å²) in [5.74, 6) is 2.16. The average Bonchev–Trinajstić information content (AvgIpc) is 3.52. The second-order valence-electron chi connectivity index (χ2n) is 9.40. The van der Waals surface area contributed by atoms with Crippen LogP contribution in [0.15, 0.2) is 60.8 Å². The van der Waals surface area contributed by atoms with Gasteiger partial charge in [-0.05, 0) is 36.2 Å². The lowest BCUT2D eigenvalue weighted by Crippen LogP contribution is -2.40. The molecule has 1 atom stereocenters. The first-order chi connectivity index (χ1) is 18.9. The highest BCUT2D eigenvalue weighted by Crippen LogP contribution is 2.29. The number of nitrogens with one attached hydrogen (secondary N) is 2. The molecule has 3 heterocycles. The van der Waals surface area contributed by atoms with Crippen molar-refractivity contribution in [3.05, 3.63) is 71.9 Å². The van der Waals surface area contributed by atoms with Crippen LogP contribution < -0.4 is 25.0 Å². The summed E-state index contributed by atoms with van der Waals surface area (Å²) in [7, 11) is 6.91. The quantitative estimate of drug-likeness (QED) is 0.340. The molecule has 1 aliphatic heterocycles. The van der Waals surface area contributed by atoms with E-state index in [2.05, 4.69) is 15.7 Å². The van der Waals surface area contributed by atoms with Crippen molar-refractivity contribution < 1.29 is 19.1 Å². The van der Waals surface area contributed by atoms with Crippen LogP contribution >= 0.6 is 0 Å². The van der Waals surface area contributed by atoms with Crippen molar-refractivity contribution in [1.82, 2.24) is 24.8 Å². The van der Waals surface area contributed by atoms with E-state index in [-0.39, 0.29) is 11.5 Å². The number of ether oxygens (including phenoxy) is 2. The number of likely N-dealkylation sites (tertiary alicyclic amines) is 1. The van der Waals surface area contributed by atoms with Gasteiger partial charge in [-0.15, -0.1) is 0 Å². The molecular formula is C28H31N7O4. The fourth-order valence-corrected chi connectivity index (χ4v) is 4.61. The Balaban J connectivity index is 1.52. The minimum absolute atomic E-state index is 0.105. The number of hydrogen-bond acceptors (Lipinski definition) is 8. The van der Waals surface area contributed by atoms with Gasteiger partial charge in [0.15, 0.2) is 5.65 Å². The van der Waals surface area contributed by atoms with Gasteiger partial charge in [0.1, 0.15) is 34.7 Å². The van der Waals surface area contributed by atoms with Crippen LogP contribution in [0, 0.1) is 0 Å². The van der Waals surface area contributed by atoms with E-state index in [0.29, 0.717) is 42.5 Å². The third-order valence-electron chi connectivity index (χ3n) is 6.77. The number of benzene rings is 2. The molecule has 1 aliphatic rings.